The number of carbonyl (C=O) groups is 2. The van der Waals surface area contributed by atoms with Crippen molar-refractivity contribution in [3.05, 3.63) is 35.9 Å². The number of carbonyl (C=O) groups excluding carboxylic acids is 2. The van der Waals surface area contributed by atoms with Crippen LogP contribution in [-0.2, 0) is 4.79 Å². The Hall–Kier alpha value is -1.59. The largest absolute Gasteiger partial charge is 0.341 e. The molecule has 0 bridgehead atoms. The highest BCUT2D eigenvalue weighted by molar-refractivity contribution is 5.98. The molecular formula is C17H24ClN3O2. The van der Waals surface area contributed by atoms with Crippen LogP contribution in [0.4, 0.5) is 0 Å². The zero-order valence-corrected chi connectivity index (χ0v) is 14.0. The molecule has 0 saturated carbocycles. The van der Waals surface area contributed by atoms with E-state index in [2.05, 4.69) is 0 Å². The molecule has 0 spiro atoms. The highest BCUT2D eigenvalue weighted by Gasteiger charge is 2.38. The van der Waals surface area contributed by atoms with Crippen LogP contribution in [0.2, 0.25) is 0 Å². The lowest BCUT2D eigenvalue weighted by Gasteiger charge is -2.28. The molecule has 2 saturated heterocycles. The van der Waals surface area contributed by atoms with Crippen molar-refractivity contribution in [1.82, 2.24) is 9.80 Å². The third-order valence-electron chi connectivity index (χ3n) is 4.75. The molecule has 0 aliphatic carbocycles. The number of benzene rings is 1. The van der Waals surface area contributed by atoms with Gasteiger partial charge in [0.1, 0.15) is 6.04 Å². The van der Waals surface area contributed by atoms with Gasteiger partial charge < -0.3 is 15.5 Å². The zero-order chi connectivity index (χ0) is 15.5. The molecule has 0 aromatic heterocycles. The van der Waals surface area contributed by atoms with Gasteiger partial charge in [0, 0.05) is 25.2 Å². The van der Waals surface area contributed by atoms with E-state index in [4.69, 9.17) is 5.73 Å². The fraction of sp³-hybridized carbons (Fsp3) is 0.529. The van der Waals surface area contributed by atoms with E-state index in [1.807, 2.05) is 35.2 Å². The number of hydrogen-bond donors (Lipinski definition) is 1. The molecule has 126 valence electrons. The van der Waals surface area contributed by atoms with E-state index in [0.29, 0.717) is 24.6 Å². The number of hydrogen-bond acceptors (Lipinski definition) is 3. The summed E-state index contributed by atoms with van der Waals surface area (Å²) < 4.78 is 0. The second kappa shape index (κ2) is 7.79. The van der Waals surface area contributed by atoms with Crippen LogP contribution in [0.3, 0.4) is 0 Å². The van der Waals surface area contributed by atoms with E-state index in [-0.39, 0.29) is 30.3 Å². The van der Waals surface area contributed by atoms with Gasteiger partial charge in [-0.2, -0.15) is 0 Å². The zero-order valence-electron chi connectivity index (χ0n) is 13.2. The van der Waals surface area contributed by atoms with Crippen molar-refractivity contribution in [2.45, 2.75) is 25.3 Å². The minimum atomic E-state index is -0.302. The summed E-state index contributed by atoms with van der Waals surface area (Å²) in [5.74, 6) is 0.465. The molecule has 2 N–H and O–H groups in total. The maximum atomic E-state index is 12.7. The number of halogens is 1. The second-order valence-electron chi connectivity index (χ2n) is 6.20. The molecule has 0 radical (unpaired) electrons. The SMILES string of the molecule is Cl.NCC1CCN(C(=O)C2CCCN2C(=O)c2ccccc2)C1. The molecule has 2 aliphatic heterocycles. The molecule has 2 amide bonds. The van der Waals surface area contributed by atoms with E-state index in [9.17, 15) is 9.59 Å². The van der Waals surface area contributed by atoms with Crippen LogP contribution in [-0.4, -0.2) is 53.8 Å². The van der Waals surface area contributed by atoms with E-state index in [1.54, 1.807) is 4.90 Å². The highest BCUT2D eigenvalue weighted by Crippen LogP contribution is 2.24. The van der Waals surface area contributed by atoms with E-state index in [0.717, 1.165) is 32.4 Å². The maximum absolute atomic E-state index is 12.7. The average Bonchev–Trinajstić information content (AvgIpc) is 3.23. The van der Waals surface area contributed by atoms with Gasteiger partial charge in [0.25, 0.3) is 5.91 Å². The lowest BCUT2D eigenvalue weighted by Crippen LogP contribution is -2.47. The number of likely N-dealkylation sites (tertiary alicyclic amines) is 2. The second-order valence-corrected chi connectivity index (χ2v) is 6.20. The molecule has 2 unspecified atom stereocenters. The van der Waals surface area contributed by atoms with E-state index in [1.165, 1.54) is 0 Å². The summed E-state index contributed by atoms with van der Waals surface area (Å²) in [4.78, 5) is 29.0. The molecule has 2 atom stereocenters. The fourth-order valence-corrected chi connectivity index (χ4v) is 3.45. The molecule has 2 fully saturated rings. The quantitative estimate of drug-likeness (QED) is 0.909. The Balaban J connectivity index is 0.00000192. The normalized spacial score (nSPS) is 23.7. The van der Waals surface area contributed by atoms with Crippen LogP contribution in [0.1, 0.15) is 29.6 Å². The molecule has 3 rings (SSSR count). The van der Waals surface area contributed by atoms with E-state index >= 15 is 0 Å². The third kappa shape index (κ3) is 3.67. The van der Waals surface area contributed by atoms with Gasteiger partial charge in [-0.25, -0.2) is 0 Å². The molecule has 6 heteroatoms. The summed E-state index contributed by atoms with van der Waals surface area (Å²) in [6, 6.07) is 8.91. The summed E-state index contributed by atoms with van der Waals surface area (Å²) in [6.45, 7) is 2.79. The maximum Gasteiger partial charge on any atom is 0.254 e. The van der Waals surface area contributed by atoms with Crippen molar-refractivity contribution < 1.29 is 9.59 Å². The van der Waals surface area contributed by atoms with Crippen LogP contribution >= 0.6 is 12.4 Å². The van der Waals surface area contributed by atoms with Gasteiger partial charge in [0.05, 0.1) is 0 Å². The molecular weight excluding hydrogens is 314 g/mol. The molecule has 23 heavy (non-hydrogen) atoms. The van der Waals surface area contributed by atoms with E-state index < -0.39 is 0 Å². The van der Waals surface area contributed by atoms with Gasteiger partial charge in [-0.1, -0.05) is 18.2 Å². The van der Waals surface area contributed by atoms with Crippen molar-refractivity contribution in [2.75, 3.05) is 26.2 Å². The smallest absolute Gasteiger partial charge is 0.254 e. The first kappa shape index (κ1) is 17.8. The lowest BCUT2D eigenvalue weighted by atomic mass is 10.1. The van der Waals surface area contributed by atoms with Gasteiger partial charge >= 0.3 is 0 Å². The van der Waals surface area contributed by atoms with Gasteiger partial charge in [-0.15, -0.1) is 12.4 Å². The van der Waals surface area contributed by atoms with Crippen LogP contribution in [0.5, 0.6) is 0 Å². The van der Waals surface area contributed by atoms with Crippen LogP contribution in [0.25, 0.3) is 0 Å². The van der Waals surface area contributed by atoms with Crippen molar-refractivity contribution in [3.63, 3.8) is 0 Å². The Bertz CT molecular complexity index is 552. The highest BCUT2D eigenvalue weighted by atomic mass is 35.5. The first-order chi connectivity index (χ1) is 10.7. The van der Waals surface area contributed by atoms with Gasteiger partial charge in [0.2, 0.25) is 5.91 Å². The van der Waals surface area contributed by atoms with Crippen LogP contribution < -0.4 is 5.73 Å². The number of nitrogens with two attached hydrogens (primary N) is 1. The van der Waals surface area contributed by atoms with Crippen LogP contribution in [0.15, 0.2) is 30.3 Å². The minimum Gasteiger partial charge on any atom is -0.341 e. The third-order valence-corrected chi connectivity index (χ3v) is 4.75. The van der Waals surface area contributed by atoms with Crippen molar-refractivity contribution in [2.24, 2.45) is 11.7 Å². The van der Waals surface area contributed by atoms with Gasteiger partial charge in [-0.3, -0.25) is 9.59 Å². The number of amides is 2. The molecule has 1 aromatic carbocycles. The summed E-state index contributed by atoms with van der Waals surface area (Å²) in [7, 11) is 0. The van der Waals surface area contributed by atoms with Gasteiger partial charge in [0.15, 0.2) is 0 Å². The number of rotatable bonds is 3. The topological polar surface area (TPSA) is 66.6 Å². The Morgan fingerprint density at radius 2 is 1.87 bits per heavy atom. The fourth-order valence-electron chi connectivity index (χ4n) is 3.45. The lowest BCUT2D eigenvalue weighted by molar-refractivity contribution is -0.134. The predicted molar refractivity (Wildman–Crippen MR) is 91.5 cm³/mol. The van der Waals surface area contributed by atoms with Crippen LogP contribution in [0, 0.1) is 5.92 Å². The molecule has 2 aliphatic rings. The summed E-state index contributed by atoms with van der Waals surface area (Å²) >= 11 is 0. The molecule has 1 aromatic rings. The Morgan fingerprint density at radius 3 is 2.52 bits per heavy atom. The van der Waals surface area contributed by atoms with Crippen molar-refractivity contribution in [1.29, 1.82) is 0 Å². The number of nitrogens with zero attached hydrogens (tertiary/aromatic N) is 2. The Morgan fingerprint density at radius 1 is 1.13 bits per heavy atom. The molecule has 5 nitrogen and oxygen atoms in total. The monoisotopic (exact) mass is 337 g/mol. The minimum absolute atomic E-state index is 0. The van der Waals surface area contributed by atoms with Crippen molar-refractivity contribution in [3.8, 4) is 0 Å². The summed E-state index contributed by atoms with van der Waals surface area (Å²) in [6.07, 6.45) is 2.63. The standard InChI is InChI=1S/C17H23N3O2.ClH/c18-11-13-8-10-19(12-13)17(22)15-7-4-9-20(15)16(21)14-5-2-1-3-6-14;/h1-3,5-6,13,15H,4,7-12,18H2;1H. The molecule has 2 heterocycles. The summed E-state index contributed by atoms with van der Waals surface area (Å²) in [5, 5.41) is 0. The predicted octanol–water partition coefficient (Wildman–Crippen LogP) is 1.52. The Labute approximate surface area is 143 Å². The van der Waals surface area contributed by atoms with Gasteiger partial charge in [-0.05, 0) is 43.9 Å². The first-order valence-corrected chi connectivity index (χ1v) is 8.05. The average molecular weight is 338 g/mol. The summed E-state index contributed by atoms with van der Waals surface area (Å²) in [5.41, 5.74) is 6.35. The first-order valence-electron chi connectivity index (χ1n) is 8.05. The Kier molecular flexibility index (Phi) is 6.02. The van der Waals surface area contributed by atoms with Crippen molar-refractivity contribution >= 4 is 24.2 Å².